The van der Waals surface area contributed by atoms with Crippen molar-refractivity contribution in [1.82, 2.24) is 15.3 Å². The summed E-state index contributed by atoms with van der Waals surface area (Å²) in [4.78, 5) is 26.1. The first-order valence-corrected chi connectivity index (χ1v) is 12.3. The van der Waals surface area contributed by atoms with Gasteiger partial charge in [0.1, 0.15) is 15.5 Å². The van der Waals surface area contributed by atoms with Crippen LogP contribution < -0.4 is 21.7 Å². The van der Waals surface area contributed by atoms with Crippen LogP contribution in [0.15, 0.2) is 24.3 Å². The summed E-state index contributed by atoms with van der Waals surface area (Å²) in [6.45, 7) is 5.16. The van der Waals surface area contributed by atoms with Gasteiger partial charge in [-0.3, -0.25) is 4.79 Å². The number of amides is 1. The molecule has 0 bridgehead atoms. The fraction of sp³-hybridized carbons (Fsp3) is 0.458. The smallest absolute Gasteiger partial charge is 0.263 e. The fourth-order valence-corrected chi connectivity index (χ4v) is 6.29. The van der Waals surface area contributed by atoms with E-state index in [0.29, 0.717) is 10.6 Å². The van der Waals surface area contributed by atoms with Crippen molar-refractivity contribution in [3.63, 3.8) is 0 Å². The quantitative estimate of drug-likeness (QED) is 0.543. The lowest BCUT2D eigenvalue weighted by Gasteiger charge is -2.40. The molecule has 1 aliphatic carbocycles. The van der Waals surface area contributed by atoms with Gasteiger partial charge in [0.15, 0.2) is 0 Å². The lowest BCUT2D eigenvalue weighted by molar-refractivity contribution is -0.106. The Labute approximate surface area is 196 Å². The number of nitrogen functional groups attached to an aromatic ring is 1. The highest BCUT2D eigenvalue weighted by Gasteiger charge is 2.50. The number of nitrogens with zero attached hydrogens (tertiary/aromatic N) is 3. The van der Waals surface area contributed by atoms with Gasteiger partial charge in [0.05, 0.1) is 24.3 Å². The molecule has 2 fully saturated rings. The molecule has 6 rings (SSSR count). The minimum absolute atomic E-state index is 0.0626. The second-order valence-corrected chi connectivity index (χ2v) is 10.7. The number of hydrogen-bond donors (Lipinski definition) is 3. The number of carbonyl (C=O) groups excluding carboxylic acids is 1. The highest BCUT2D eigenvalue weighted by molar-refractivity contribution is 7.21. The van der Waals surface area contributed by atoms with Gasteiger partial charge in [-0.25, -0.2) is 9.97 Å². The lowest BCUT2D eigenvalue weighted by Crippen LogP contribution is -2.54. The summed E-state index contributed by atoms with van der Waals surface area (Å²) >= 11 is 1.36. The van der Waals surface area contributed by atoms with E-state index in [0.717, 1.165) is 73.0 Å². The van der Waals surface area contributed by atoms with Crippen LogP contribution in [0.5, 0.6) is 0 Å². The zero-order valence-electron chi connectivity index (χ0n) is 18.6. The Morgan fingerprint density at radius 1 is 1.27 bits per heavy atom. The zero-order chi connectivity index (χ0) is 22.7. The normalized spacial score (nSPS) is 23.5. The first kappa shape index (κ1) is 20.8. The first-order valence-electron chi connectivity index (χ1n) is 11.5. The molecule has 2 aliphatic heterocycles. The minimum atomic E-state index is -0.120. The maximum absolute atomic E-state index is 13.0. The number of pyridine rings is 2. The molecule has 33 heavy (non-hydrogen) atoms. The van der Waals surface area contributed by atoms with Crippen LogP contribution in [0, 0.1) is 12.3 Å². The van der Waals surface area contributed by atoms with E-state index in [4.69, 9.17) is 21.2 Å². The predicted octanol–water partition coefficient (Wildman–Crippen LogP) is 2.03. The number of ether oxygens (including phenoxy) is 1. The third kappa shape index (κ3) is 3.46. The van der Waals surface area contributed by atoms with Crippen LogP contribution in [0.4, 0.5) is 11.5 Å². The maximum Gasteiger partial charge on any atom is 0.263 e. The molecule has 172 valence electrons. The molecule has 5 N–H and O–H groups in total. The monoisotopic (exact) mass is 464 g/mol. The van der Waals surface area contributed by atoms with Gasteiger partial charge in [0.2, 0.25) is 0 Å². The van der Waals surface area contributed by atoms with Crippen LogP contribution in [0.25, 0.3) is 10.2 Å². The molecule has 8 nitrogen and oxygen atoms in total. The second-order valence-electron chi connectivity index (χ2n) is 9.68. The number of nitrogens with one attached hydrogen (secondary N) is 1. The molecular formula is C24H28N6O2S. The fourth-order valence-electron chi connectivity index (χ4n) is 5.25. The van der Waals surface area contributed by atoms with Crippen LogP contribution >= 0.6 is 11.3 Å². The maximum atomic E-state index is 13.0. The Kier molecular flexibility index (Phi) is 4.83. The summed E-state index contributed by atoms with van der Waals surface area (Å²) in [5.41, 5.74) is 16.5. The molecule has 3 aromatic heterocycles. The van der Waals surface area contributed by atoms with E-state index in [1.165, 1.54) is 16.9 Å². The lowest BCUT2D eigenvalue weighted by atomic mass is 9.82. The van der Waals surface area contributed by atoms with Crippen LogP contribution in [0.1, 0.15) is 33.0 Å². The van der Waals surface area contributed by atoms with Crippen molar-refractivity contribution in [1.29, 1.82) is 0 Å². The van der Waals surface area contributed by atoms with Gasteiger partial charge in [0, 0.05) is 41.9 Å². The topological polar surface area (TPSA) is 119 Å². The molecule has 0 saturated carbocycles. The van der Waals surface area contributed by atoms with Gasteiger partial charge in [-0.15, -0.1) is 11.3 Å². The van der Waals surface area contributed by atoms with Crippen LogP contribution in [0.3, 0.4) is 0 Å². The van der Waals surface area contributed by atoms with Crippen molar-refractivity contribution >= 4 is 39.0 Å². The van der Waals surface area contributed by atoms with E-state index in [1.807, 2.05) is 19.1 Å². The summed E-state index contributed by atoms with van der Waals surface area (Å²) in [7, 11) is 0. The molecule has 5 heterocycles. The third-order valence-corrected chi connectivity index (χ3v) is 8.45. The largest absolute Gasteiger partial charge is 0.397 e. The number of carbonyl (C=O) groups is 1. The summed E-state index contributed by atoms with van der Waals surface area (Å²) in [5.74, 6) is 0.876. The van der Waals surface area contributed by atoms with Crippen molar-refractivity contribution in [3.05, 3.63) is 46.1 Å². The van der Waals surface area contributed by atoms with E-state index in [1.54, 1.807) is 0 Å². The Balaban J connectivity index is 1.15. The van der Waals surface area contributed by atoms with Crippen molar-refractivity contribution in [3.8, 4) is 0 Å². The summed E-state index contributed by atoms with van der Waals surface area (Å²) in [6, 6.07) is 8.29. The molecule has 0 radical (unpaired) electrons. The molecule has 2 atom stereocenters. The highest BCUT2D eigenvalue weighted by Crippen LogP contribution is 2.39. The molecule has 1 amide bonds. The predicted molar refractivity (Wildman–Crippen MR) is 130 cm³/mol. The SMILES string of the molecule is Cc1ccc2c(N)c(C(=O)N[C@H]3CCc4nc(N5C[C@H](N)C6(COC6)C5)ccc4C3)sc2n1. The van der Waals surface area contributed by atoms with E-state index in [9.17, 15) is 4.79 Å². The highest BCUT2D eigenvalue weighted by atomic mass is 32.1. The number of aryl methyl sites for hydroxylation is 2. The van der Waals surface area contributed by atoms with Crippen molar-refractivity contribution in [2.45, 2.75) is 38.3 Å². The first-order chi connectivity index (χ1) is 15.9. The van der Waals surface area contributed by atoms with Gasteiger partial charge in [-0.05, 0) is 49.9 Å². The Bertz CT molecular complexity index is 1250. The van der Waals surface area contributed by atoms with Gasteiger partial charge >= 0.3 is 0 Å². The molecule has 2 saturated heterocycles. The van der Waals surface area contributed by atoms with E-state index in [-0.39, 0.29) is 23.4 Å². The van der Waals surface area contributed by atoms with Crippen LogP contribution in [-0.2, 0) is 17.6 Å². The summed E-state index contributed by atoms with van der Waals surface area (Å²) in [5, 5.41) is 4.03. The van der Waals surface area contributed by atoms with Crippen LogP contribution in [0.2, 0.25) is 0 Å². The number of aromatic nitrogens is 2. The summed E-state index contributed by atoms with van der Waals surface area (Å²) in [6.07, 6.45) is 2.47. The second kappa shape index (κ2) is 7.65. The van der Waals surface area contributed by atoms with Crippen molar-refractivity contribution in [2.24, 2.45) is 11.1 Å². The Morgan fingerprint density at radius 3 is 2.88 bits per heavy atom. The molecule has 3 aromatic rings. The summed E-state index contributed by atoms with van der Waals surface area (Å²) < 4.78 is 5.44. The minimum Gasteiger partial charge on any atom is -0.397 e. The molecule has 0 unspecified atom stereocenters. The molecule has 9 heteroatoms. The average Bonchev–Trinajstić information content (AvgIpc) is 3.30. The Hall–Kier alpha value is -2.75. The van der Waals surface area contributed by atoms with Gasteiger partial charge < -0.3 is 26.4 Å². The molecular weight excluding hydrogens is 436 g/mol. The van der Waals surface area contributed by atoms with Gasteiger partial charge in [0.25, 0.3) is 5.91 Å². The van der Waals surface area contributed by atoms with E-state index < -0.39 is 0 Å². The van der Waals surface area contributed by atoms with E-state index >= 15 is 0 Å². The number of rotatable bonds is 3. The number of anilines is 2. The molecule has 0 aromatic carbocycles. The number of fused-ring (bicyclic) bond motifs is 2. The van der Waals surface area contributed by atoms with Crippen molar-refractivity contribution in [2.75, 3.05) is 36.9 Å². The molecule has 1 spiro atoms. The zero-order valence-corrected chi connectivity index (χ0v) is 19.5. The molecule has 3 aliphatic rings. The van der Waals surface area contributed by atoms with E-state index in [2.05, 4.69) is 27.3 Å². The third-order valence-electron chi connectivity index (χ3n) is 7.34. The van der Waals surface area contributed by atoms with Crippen molar-refractivity contribution < 1.29 is 9.53 Å². The number of nitrogens with two attached hydrogens (primary N) is 2. The average molecular weight is 465 g/mol. The van der Waals surface area contributed by atoms with Gasteiger partial charge in [-0.1, -0.05) is 6.07 Å². The van der Waals surface area contributed by atoms with Gasteiger partial charge in [-0.2, -0.15) is 0 Å². The number of thiophene rings is 1. The van der Waals surface area contributed by atoms with Crippen LogP contribution in [-0.4, -0.2) is 54.3 Å². The standard InChI is InChI=1S/C24H28N6O2S/c1-13-2-5-16-20(26)21(33-23(16)27-13)22(31)28-15-4-6-17-14(8-15)3-7-19(29-17)30-9-18(25)24(10-30)11-32-12-24/h2-3,5,7,15,18H,4,6,8-12,25-26H2,1H3,(H,28,31)/t15-,18-/m0/s1. The number of hydrogen-bond acceptors (Lipinski definition) is 8. The Morgan fingerprint density at radius 2 is 2.12 bits per heavy atom.